The Hall–Kier alpha value is -2.22. The summed E-state index contributed by atoms with van der Waals surface area (Å²) in [7, 11) is 0. The first kappa shape index (κ1) is 15.8. The van der Waals surface area contributed by atoms with Crippen molar-refractivity contribution in [1.29, 1.82) is 0 Å². The average Bonchev–Trinajstić information content (AvgIpc) is 2.49. The van der Waals surface area contributed by atoms with Gasteiger partial charge in [0.1, 0.15) is 0 Å². The minimum absolute atomic E-state index is 0.121. The molecule has 0 unspecified atom stereocenters. The minimum Gasteiger partial charge on any atom is -0.295 e. The van der Waals surface area contributed by atoms with Crippen molar-refractivity contribution in [3.63, 3.8) is 0 Å². The quantitative estimate of drug-likeness (QED) is 0.776. The standard InChI is InChI=1S/C10H12O.C8H8O/c1-3-9-4-6-10(7-5-9)8(2)11;1-7(9)8-5-3-2-4-6-8/h4-7H,3H2,1-2H3;2-6H,1H3. The zero-order valence-electron chi connectivity index (χ0n) is 12.2. The summed E-state index contributed by atoms with van der Waals surface area (Å²) >= 11 is 0. The highest BCUT2D eigenvalue weighted by atomic mass is 16.1. The van der Waals surface area contributed by atoms with Gasteiger partial charge in [-0.05, 0) is 25.8 Å². The number of benzene rings is 2. The molecule has 0 amide bonds. The summed E-state index contributed by atoms with van der Waals surface area (Å²) in [6, 6.07) is 17.0. The molecule has 2 rings (SSSR count). The van der Waals surface area contributed by atoms with Gasteiger partial charge in [0.05, 0.1) is 0 Å². The van der Waals surface area contributed by atoms with E-state index in [2.05, 4.69) is 6.92 Å². The molecule has 2 heteroatoms. The molecule has 0 saturated carbocycles. The molecule has 2 aromatic carbocycles. The highest BCUT2D eigenvalue weighted by Crippen LogP contribution is 2.05. The van der Waals surface area contributed by atoms with Crippen molar-refractivity contribution in [1.82, 2.24) is 0 Å². The van der Waals surface area contributed by atoms with Gasteiger partial charge in [-0.1, -0.05) is 61.5 Å². The molecule has 0 radical (unpaired) electrons. The van der Waals surface area contributed by atoms with Gasteiger partial charge in [-0.3, -0.25) is 9.59 Å². The molecule has 2 nitrogen and oxygen atoms in total. The first-order chi connectivity index (χ1) is 9.54. The normalized spacial score (nSPS) is 9.35. The van der Waals surface area contributed by atoms with Gasteiger partial charge in [-0.15, -0.1) is 0 Å². The summed E-state index contributed by atoms with van der Waals surface area (Å²) in [5.41, 5.74) is 2.84. The van der Waals surface area contributed by atoms with E-state index >= 15 is 0 Å². The van der Waals surface area contributed by atoms with Crippen molar-refractivity contribution < 1.29 is 9.59 Å². The third-order valence-electron chi connectivity index (χ3n) is 2.95. The van der Waals surface area contributed by atoms with Crippen molar-refractivity contribution in [2.75, 3.05) is 0 Å². The Labute approximate surface area is 120 Å². The molecule has 20 heavy (non-hydrogen) atoms. The van der Waals surface area contributed by atoms with Crippen LogP contribution in [0.15, 0.2) is 54.6 Å². The highest BCUT2D eigenvalue weighted by molar-refractivity contribution is 5.94. The first-order valence-electron chi connectivity index (χ1n) is 6.70. The summed E-state index contributed by atoms with van der Waals surface area (Å²) in [5, 5.41) is 0. The Morgan fingerprint density at radius 2 is 1.20 bits per heavy atom. The van der Waals surface area contributed by atoms with Gasteiger partial charge in [0.25, 0.3) is 0 Å². The number of hydrogen-bond donors (Lipinski definition) is 0. The molecule has 0 aliphatic carbocycles. The van der Waals surface area contributed by atoms with Crippen LogP contribution >= 0.6 is 0 Å². The van der Waals surface area contributed by atoms with Crippen molar-refractivity contribution >= 4 is 11.6 Å². The molecule has 0 spiro atoms. The maximum absolute atomic E-state index is 10.8. The SMILES string of the molecule is CC(=O)c1ccccc1.CCc1ccc(C(C)=O)cc1. The van der Waals surface area contributed by atoms with Crippen LogP contribution in [0.25, 0.3) is 0 Å². The predicted molar refractivity (Wildman–Crippen MR) is 82.3 cm³/mol. The Morgan fingerprint density at radius 1 is 0.750 bits per heavy atom. The van der Waals surface area contributed by atoms with Crippen molar-refractivity contribution in [2.24, 2.45) is 0 Å². The third-order valence-corrected chi connectivity index (χ3v) is 2.95. The monoisotopic (exact) mass is 268 g/mol. The Kier molecular flexibility index (Phi) is 6.38. The number of carbonyl (C=O) groups excluding carboxylic acids is 2. The molecule has 0 atom stereocenters. The van der Waals surface area contributed by atoms with E-state index in [-0.39, 0.29) is 11.6 Å². The van der Waals surface area contributed by atoms with Gasteiger partial charge in [0, 0.05) is 11.1 Å². The van der Waals surface area contributed by atoms with Crippen molar-refractivity contribution in [2.45, 2.75) is 27.2 Å². The predicted octanol–water partition coefficient (Wildman–Crippen LogP) is 4.34. The fourth-order valence-corrected chi connectivity index (χ4v) is 1.65. The van der Waals surface area contributed by atoms with Crippen LogP contribution in [0.1, 0.15) is 47.1 Å². The van der Waals surface area contributed by atoms with Gasteiger partial charge in [-0.25, -0.2) is 0 Å². The molecule has 2 aromatic rings. The maximum atomic E-state index is 10.8. The molecule has 0 bridgehead atoms. The zero-order valence-corrected chi connectivity index (χ0v) is 12.2. The summed E-state index contributed by atoms with van der Waals surface area (Å²) in [6.07, 6.45) is 1.03. The molecule has 0 fully saturated rings. The average molecular weight is 268 g/mol. The van der Waals surface area contributed by atoms with E-state index in [0.29, 0.717) is 0 Å². The molecule has 0 heterocycles. The maximum Gasteiger partial charge on any atom is 0.159 e. The smallest absolute Gasteiger partial charge is 0.159 e. The summed E-state index contributed by atoms with van der Waals surface area (Å²) < 4.78 is 0. The van der Waals surface area contributed by atoms with Gasteiger partial charge in [0.15, 0.2) is 11.6 Å². The van der Waals surface area contributed by atoms with Gasteiger partial charge >= 0.3 is 0 Å². The van der Waals surface area contributed by atoms with Gasteiger partial charge < -0.3 is 0 Å². The largest absolute Gasteiger partial charge is 0.295 e. The van der Waals surface area contributed by atoms with Crippen LogP contribution in [0.4, 0.5) is 0 Å². The van der Waals surface area contributed by atoms with Crippen molar-refractivity contribution in [3.05, 3.63) is 71.3 Å². The van der Waals surface area contributed by atoms with Gasteiger partial charge in [-0.2, -0.15) is 0 Å². The van der Waals surface area contributed by atoms with Gasteiger partial charge in [0.2, 0.25) is 0 Å². The second kappa shape index (κ2) is 8.05. The van der Waals surface area contributed by atoms with Crippen LogP contribution in [0.5, 0.6) is 0 Å². The van der Waals surface area contributed by atoms with Crippen LogP contribution in [-0.2, 0) is 6.42 Å². The number of Topliss-reactive ketones (excluding diaryl/α,β-unsaturated/α-hetero) is 2. The molecule has 0 aliphatic heterocycles. The molecule has 104 valence electrons. The Balaban J connectivity index is 0.000000204. The minimum atomic E-state index is 0.121. The van der Waals surface area contributed by atoms with E-state index in [4.69, 9.17) is 0 Å². The lowest BCUT2D eigenvalue weighted by Gasteiger charge is -1.97. The molecule has 0 saturated heterocycles. The topological polar surface area (TPSA) is 34.1 Å². The zero-order chi connectivity index (χ0) is 15.0. The molecule has 0 aromatic heterocycles. The first-order valence-corrected chi connectivity index (χ1v) is 6.70. The number of aryl methyl sites for hydroxylation is 1. The number of carbonyl (C=O) groups is 2. The van der Waals surface area contributed by atoms with Crippen molar-refractivity contribution in [3.8, 4) is 0 Å². The fourth-order valence-electron chi connectivity index (χ4n) is 1.65. The van der Waals surface area contributed by atoms with E-state index in [1.807, 2.05) is 54.6 Å². The molecule has 0 aliphatic rings. The highest BCUT2D eigenvalue weighted by Gasteiger charge is 1.96. The van der Waals surface area contributed by atoms with E-state index in [9.17, 15) is 9.59 Å². The number of hydrogen-bond acceptors (Lipinski definition) is 2. The fraction of sp³-hybridized carbons (Fsp3) is 0.222. The van der Waals surface area contributed by atoms with E-state index in [1.165, 1.54) is 5.56 Å². The molecular formula is C18H20O2. The lowest BCUT2D eigenvalue weighted by atomic mass is 10.1. The summed E-state index contributed by atoms with van der Waals surface area (Å²) in [6.45, 7) is 5.25. The van der Waals surface area contributed by atoms with Crippen LogP contribution < -0.4 is 0 Å². The third kappa shape index (κ3) is 5.19. The molecular weight excluding hydrogens is 248 g/mol. The number of rotatable bonds is 3. The van der Waals surface area contributed by atoms with Crippen LogP contribution in [0.3, 0.4) is 0 Å². The molecule has 0 N–H and O–H groups in total. The summed E-state index contributed by atoms with van der Waals surface area (Å²) in [5.74, 6) is 0.253. The van der Waals surface area contributed by atoms with E-state index < -0.39 is 0 Å². The lowest BCUT2D eigenvalue weighted by Crippen LogP contribution is -1.91. The van der Waals surface area contributed by atoms with E-state index in [0.717, 1.165) is 17.5 Å². The van der Waals surface area contributed by atoms with E-state index in [1.54, 1.807) is 13.8 Å². The van der Waals surface area contributed by atoms with Crippen LogP contribution in [0, 0.1) is 0 Å². The Bertz CT molecular complexity index is 554. The second-order valence-corrected chi connectivity index (χ2v) is 4.53. The van der Waals surface area contributed by atoms with Crippen LogP contribution in [-0.4, -0.2) is 11.6 Å². The second-order valence-electron chi connectivity index (χ2n) is 4.53. The Morgan fingerprint density at radius 3 is 1.55 bits per heavy atom. The lowest BCUT2D eigenvalue weighted by molar-refractivity contribution is 0.100. The van der Waals surface area contributed by atoms with Crippen LogP contribution in [0.2, 0.25) is 0 Å². The number of ketones is 2. The summed E-state index contributed by atoms with van der Waals surface area (Å²) in [4.78, 5) is 21.5.